The summed E-state index contributed by atoms with van der Waals surface area (Å²) >= 11 is 0. The monoisotopic (exact) mass is 290 g/mol. The third-order valence-electron chi connectivity index (χ3n) is 3.36. The van der Waals surface area contributed by atoms with Gasteiger partial charge in [-0.25, -0.2) is 4.68 Å². The number of rotatable bonds is 3. The summed E-state index contributed by atoms with van der Waals surface area (Å²) in [6.07, 6.45) is 5.36. The summed E-state index contributed by atoms with van der Waals surface area (Å²) in [6, 6.07) is 12.5. The molecule has 0 atom stereocenters. The van der Waals surface area contributed by atoms with Crippen molar-refractivity contribution in [3.05, 3.63) is 53.6 Å². The highest BCUT2D eigenvalue weighted by Crippen LogP contribution is 2.16. The molecule has 0 radical (unpaired) electrons. The molecule has 0 bridgehead atoms. The van der Waals surface area contributed by atoms with Crippen molar-refractivity contribution in [2.24, 2.45) is 0 Å². The molecule has 0 unspecified atom stereocenters. The summed E-state index contributed by atoms with van der Waals surface area (Å²) < 4.78 is 1.79. The van der Waals surface area contributed by atoms with Gasteiger partial charge in [0, 0.05) is 23.4 Å². The SMILES string of the molecule is C#Cc1cccc(NC(=O)c2ccc3c(c2)nnn3CC)c1. The lowest BCUT2D eigenvalue weighted by molar-refractivity contribution is 0.102. The first-order valence-electron chi connectivity index (χ1n) is 6.92. The molecule has 1 amide bonds. The van der Waals surface area contributed by atoms with E-state index in [1.54, 1.807) is 35.0 Å². The molecule has 2 aromatic carbocycles. The van der Waals surface area contributed by atoms with Crippen LogP contribution >= 0.6 is 0 Å². The highest BCUT2D eigenvalue weighted by Gasteiger charge is 2.10. The van der Waals surface area contributed by atoms with Crippen LogP contribution in [0, 0.1) is 12.3 Å². The summed E-state index contributed by atoms with van der Waals surface area (Å²) in [7, 11) is 0. The molecule has 0 spiro atoms. The number of terminal acetylenes is 1. The van der Waals surface area contributed by atoms with E-state index in [1.165, 1.54) is 0 Å². The molecule has 0 aliphatic carbocycles. The number of carbonyl (C=O) groups excluding carboxylic acids is 1. The van der Waals surface area contributed by atoms with Crippen molar-refractivity contribution < 1.29 is 4.79 Å². The maximum atomic E-state index is 12.3. The summed E-state index contributed by atoms with van der Waals surface area (Å²) in [4.78, 5) is 12.3. The van der Waals surface area contributed by atoms with Crippen molar-refractivity contribution in [1.29, 1.82) is 0 Å². The Labute approximate surface area is 128 Å². The number of aromatic nitrogens is 3. The van der Waals surface area contributed by atoms with Crippen molar-refractivity contribution >= 4 is 22.6 Å². The van der Waals surface area contributed by atoms with E-state index >= 15 is 0 Å². The average molecular weight is 290 g/mol. The van der Waals surface area contributed by atoms with Gasteiger partial charge in [-0.15, -0.1) is 11.5 Å². The number of hydrogen-bond acceptors (Lipinski definition) is 3. The smallest absolute Gasteiger partial charge is 0.255 e. The minimum Gasteiger partial charge on any atom is -0.322 e. The minimum atomic E-state index is -0.206. The quantitative estimate of drug-likeness (QED) is 0.754. The number of amides is 1. The van der Waals surface area contributed by atoms with Gasteiger partial charge >= 0.3 is 0 Å². The van der Waals surface area contributed by atoms with Gasteiger partial charge in [0.1, 0.15) is 5.52 Å². The maximum absolute atomic E-state index is 12.3. The molecule has 0 fully saturated rings. The molecule has 1 N–H and O–H groups in total. The Hall–Kier alpha value is -3.13. The molecule has 1 heterocycles. The first-order chi connectivity index (χ1) is 10.7. The van der Waals surface area contributed by atoms with Crippen LogP contribution in [0.2, 0.25) is 0 Å². The predicted molar refractivity (Wildman–Crippen MR) is 85.5 cm³/mol. The Morgan fingerprint density at radius 3 is 2.95 bits per heavy atom. The van der Waals surface area contributed by atoms with Crippen molar-refractivity contribution in [3.63, 3.8) is 0 Å². The zero-order valence-corrected chi connectivity index (χ0v) is 12.1. The topological polar surface area (TPSA) is 59.8 Å². The van der Waals surface area contributed by atoms with Gasteiger partial charge in [-0.1, -0.05) is 17.2 Å². The van der Waals surface area contributed by atoms with Gasteiger partial charge in [0.15, 0.2) is 0 Å². The zero-order valence-electron chi connectivity index (χ0n) is 12.1. The van der Waals surface area contributed by atoms with E-state index in [1.807, 2.05) is 19.1 Å². The Bertz CT molecular complexity index is 889. The van der Waals surface area contributed by atoms with Crippen LogP contribution in [0.4, 0.5) is 5.69 Å². The lowest BCUT2D eigenvalue weighted by Gasteiger charge is -2.06. The number of nitrogens with zero attached hydrogens (tertiary/aromatic N) is 3. The van der Waals surface area contributed by atoms with Crippen LogP contribution in [0.5, 0.6) is 0 Å². The first-order valence-corrected chi connectivity index (χ1v) is 6.92. The third-order valence-corrected chi connectivity index (χ3v) is 3.36. The maximum Gasteiger partial charge on any atom is 0.255 e. The Morgan fingerprint density at radius 1 is 1.32 bits per heavy atom. The number of aryl methyl sites for hydroxylation is 1. The number of fused-ring (bicyclic) bond motifs is 1. The van der Waals surface area contributed by atoms with Gasteiger partial charge in [0.25, 0.3) is 5.91 Å². The highest BCUT2D eigenvalue weighted by atomic mass is 16.1. The summed E-state index contributed by atoms with van der Waals surface area (Å²) in [5.41, 5.74) is 3.53. The second kappa shape index (κ2) is 5.70. The van der Waals surface area contributed by atoms with Gasteiger partial charge in [-0.3, -0.25) is 4.79 Å². The third kappa shape index (κ3) is 2.54. The van der Waals surface area contributed by atoms with E-state index in [0.29, 0.717) is 16.8 Å². The molecule has 0 saturated carbocycles. The molecule has 22 heavy (non-hydrogen) atoms. The van der Waals surface area contributed by atoms with E-state index in [2.05, 4.69) is 21.5 Å². The number of carbonyl (C=O) groups is 1. The second-order valence-corrected chi connectivity index (χ2v) is 4.79. The van der Waals surface area contributed by atoms with Gasteiger partial charge in [0.05, 0.1) is 5.52 Å². The summed E-state index contributed by atoms with van der Waals surface area (Å²) in [5, 5.41) is 10.9. The van der Waals surface area contributed by atoms with Crippen LogP contribution < -0.4 is 5.32 Å². The minimum absolute atomic E-state index is 0.206. The normalized spacial score (nSPS) is 10.4. The van der Waals surface area contributed by atoms with Crippen molar-refractivity contribution in [2.45, 2.75) is 13.5 Å². The summed E-state index contributed by atoms with van der Waals surface area (Å²) in [6.45, 7) is 2.73. The van der Waals surface area contributed by atoms with Gasteiger partial charge < -0.3 is 5.32 Å². The fourth-order valence-electron chi connectivity index (χ4n) is 2.24. The van der Waals surface area contributed by atoms with Gasteiger partial charge in [-0.05, 0) is 43.3 Å². The standard InChI is InChI=1S/C17H14N4O/c1-3-12-6-5-7-14(10-12)18-17(22)13-8-9-16-15(11-13)19-20-21(16)4-2/h1,5-11H,4H2,2H3,(H,18,22). The second-order valence-electron chi connectivity index (χ2n) is 4.79. The van der Waals surface area contributed by atoms with Crippen molar-refractivity contribution in [3.8, 4) is 12.3 Å². The lowest BCUT2D eigenvalue weighted by atomic mass is 10.1. The largest absolute Gasteiger partial charge is 0.322 e. The molecule has 0 aliphatic rings. The fourth-order valence-corrected chi connectivity index (χ4v) is 2.24. The molecule has 5 nitrogen and oxygen atoms in total. The molecule has 3 rings (SSSR count). The number of benzene rings is 2. The molecular weight excluding hydrogens is 276 g/mol. The zero-order chi connectivity index (χ0) is 15.5. The lowest BCUT2D eigenvalue weighted by Crippen LogP contribution is -2.11. The predicted octanol–water partition coefficient (Wildman–Crippen LogP) is 2.68. The fraction of sp³-hybridized carbons (Fsp3) is 0.118. The van der Waals surface area contributed by atoms with Crippen LogP contribution in [-0.2, 0) is 6.54 Å². The van der Waals surface area contributed by atoms with E-state index in [-0.39, 0.29) is 5.91 Å². The van der Waals surface area contributed by atoms with Crippen molar-refractivity contribution in [2.75, 3.05) is 5.32 Å². The Balaban J connectivity index is 1.87. The van der Waals surface area contributed by atoms with E-state index in [4.69, 9.17) is 6.42 Å². The molecule has 5 heteroatoms. The molecule has 0 saturated heterocycles. The van der Waals surface area contributed by atoms with E-state index < -0.39 is 0 Å². The molecule has 1 aromatic heterocycles. The van der Waals surface area contributed by atoms with Crippen LogP contribution in [0.3, 0.4) is 0 Å². The Kier molecular flexibility index (Phi) is 3.58. The molecule has 108 valence electrons. The number of hydrogen-bond donors (Lipinski definition) is 1. The Morgan fingerprint density at radius 2 is 2.18 bits per heavy atom. The highest BCUT2D eigenvalue weighted by molar-refractivity contribution is 6.05. The van der Waals surface area contributed by atoms with Crippen LogP contribution in [0.1, 0.15) is 22.8 Å². The molecule has 3 aromatic rings. The van der Waals surface area contributed by atoms with Gasteiger partial charge in [-0.2, -0.15) is 0 Å². The van der Waals surface area contributed by atoms with E-state index in [0.717, 1.165) is 17.6 Å². The van der Waals surface area contributed by atoms with E-state index in [9.17, 15) is 4.79 Å². The van der Waals surface area contributed by atoms with Crippen LogP contribution in [-0.4, -0.2) is 20.9 Å². The average Bonchev–Trinajstić information content (AvgIpc) is 2.97. The number of nitrogens with one attached hydrogen (secondary N) is 1. The van der Waals surface area contributed by atoms with Crippen molar-refractivity contribution in [1.82, 2.24) is 15.0 Å². The molecule has 0 aliphatic heterocycles. The van der Waals surface area contributed by atoms with Crippen LogP contribution in [0.15, 0.2) is 42.5 Å². The summed E-state index contributed by atoms with van der Waals surface area (Å²) in [5.74, 6) is 2.34. The molecular formula is C17H14N4O. The number of anilines is 1. The first kappa shape index (κ1) is 13.8. The van der Waals surface area contributed by atoms with Gasteiger partial charge in [0.2, 0.25) is 0 Å². The van der Waals surface area contributed by atoms with Crippen LogP contribution in [0.25, 0.3) is 11.0 Å².